The van der Waals surface area contributed by atoms with Crippen LogP contribution in [-0.2, 0) is 30.4 Å². The minimum atomic E-state index is -4.49. The van der Waals surface area contributed by atoms with Crippen LogP contribution in [0.1, 0.15) is 38.2 Å². The van der Waals surface area contributed by atoms with E-state index in [9.17, 15) is 22.8 Å². The Bertz CT molecular complexity index is 1170. The maximum absolute atomic E-state index is 13.6. The Balaban J connectivity index is 1.56. The molecule has 1 aliphatic heterocycles. The monoisotopic (exact) mass is 483 g/mol. The molecular formula is C21H20F3N3O3S2. The lowest BCUT2D eigenvalue weighted by Gasteiger charge is -2.15. The van der Waals surface area contributed by atoms with Gasteiger partial charge in [-0.15, -0.1) is 22.7 Å². The number of alkyl halides is 3. The fourth-order valence-corrected chi connectivity index (χ4v) is 5.96. The summed E-state index contributed by atoms with van der Waals surface area (Å²) in [4.78, 5) is 25.0. The Morgan fingerprint density at radius 2 is 2.00 bits per heavy atom. The second kappa shape index (κ2) is 9.08. The zero-order chi connectivity index (χ0) is 22.9. The number of esters is 1. The number of urea groups is 1. The Morgan fingerprint density at radius 3 is 2.75 bits per heavy atom. The third-order valence-corrected chi connectivity index (χ3v) is 7.43. The van der Waals surface area contributed by atoms with Gasteiger partial charge >= 0.3 is 18.2 Å². The molecule has 32 heavy (non-hydrogen) atoms. The van der Waals surface area contributed by atoms with Gasteiger partial charge in [0.1, 0.15) is 15.4 Å². The van der Waals surface area contributed by atoms with Gasteiger partial charge in [0.15, 0.2) is 0 Å². The van der Waals surface area contributed by atoms with Crippen molar-refractivity contribution < 1.29 is 27.5 Å². The van der Waals surface area contributed by atoms with E-state index in [1.165, 1.54) is 11.3 Å². The van der Waals surface area contributed by atoms with Crippen LogP contribution in [0.4, 0.5) is 23.0 Å². The van der Waals surface area contributed by atoms with E-state index in [1.54, 1.807) is 19.1 Å². The Labute approximate surface area is 189 Å². The number of hydrogen-bond acceptors (Lipinski definition) is 6. The normalized spacial score (nSPS) is 13.6. The smallest absolute Gasteiger partial charge is 0.425 e. The largest absolute Gasteiger partial charge is 0.462 e. The number of ether oxygens (including phenoxy) is 1. The van der Waals surface area contributed by atoms with E-state index >= 15 is 0 Å². The van der Waals surface area contributed by atoms with Gasteiger partial charge in [0.2, 0.25) is 0 Å². The second-order valence-corrected chi connectivity index (χ2v) is 9.22. The van der Waals surface area contributed by atoms with Gasteiger partial charge in [-0.3, -0.25) is 5.32 Å². The van der Waals surface area contributed by atoms with Gasteiger partial charge in [-0.2, -0.15) is 13.2 Å². The summed E-state index contributed by atoms with van der Waals surface area (Å²) in [6.07, 6.45) is -4.01. The molecule has 0 unspecified atom stereocenters. The summed E-state index contributed by atoms with van der Waals surface area (Å²) in [7, 11) is 0. The summed E-state index contributed by atoms with van der Waals surface area (Å²) < 4.78 is 46.6. The molecule has 0 fully saturated rings. The minimum absolute atomic E-state index is 0.108. The number of carbonyl (C=O) groups is 2. The van der Waals surface area contributed by atoms with Crippen LogP contribution >= 0.6 is 22.7 Å². The summed E-state index contributed by atoms with van der Waals surface area (Å²) in [6.45, 7) is 2.57. The number of fused-ring (bicyclic) bond motifs is 2. The molecule has 4 rings (SSSR count). The third-order valence-electron chi connectivity index (χ3n) is 5.02. The fraction of sp³-hybridized carbons (Fsp3) is 0.333. The second-order valence-electron chi connectivity index (χ2n) is 7.07. The van der Waals surface area contributed by atoms with Gasteiger partial charge in [-0.05, 0) is 37.1 Å². The van der Waals surface area contributed by atoms with E-state index in [0.717, 1.165) is 16.0 Å². The predicted molar refractivity (Wildman–Crippen MR) is 118 cm³/mol. The maximum Gasteiger partial charge on any atom is 0.425 e. The summed E-state index contributed by atoms with van der Waals surface area (Å²) >= 11 is 1.92. The first-order valence-electron chi connectivity index (χ1n) is 9.94. The van der Waals surface area contributed by atoms with Gasteiger partial charge in [-0.25, -0.2) is 9.59 Å². The minimum Gasteiger partial charge on any atom is -0.462 e. The van der Waals surface area contributed by atoms with Crippen LogP contribution in [0, 0.1) is 0 Å². The highest BCUT2D eigenvalue weighted by molar-refractivity contribution is 7.23. The van der Waals surface area contributed by atoms with E-state index in [1.807, 2.05) is 12.1 Å². The van der Waals surface area contributed by atoms with Crippen LogP contribution in [0.3, 0.4) is 0 Å². The van der Waals surface area contributed by atoms with Crippen LogP contribution in [0.5, 0.6) is 0 Å². The molecule has 3 N–H and O–H groups in total. The number of carbonyl (C=O) groups excluding carboxylic acids is 2. The highest BCUT2D eigenvalue weighted by atomic mass is 32.1. The number of nitrogens with one attached hydrogen (secondary N) is 3. The quantitative estimate of drug-likeness (QED) is 0.440. The molecule has 0 saturated heterocycles. The number of halogens is 3. The van der Waals surface area contributed by atoms with E-state index in [2.05, 4.69) is 16.0 Å². The fourth-order valence-electron chi connectivity index (χ4n) is 3.67. The summed E-state index contributed by atoms with van der Waals surface area (Å²) in [5.74, 6) is -0.570. The van der Waals surface area contributed by atoms with Crippen molar-refractivity contribution in [1.29, 1.82) is 0 Å². The van der Waals surface area contributed by atoms with Gasteiger partial charge in [0.25, 0.3) is 0 Å². The average Bonchev–Trinajstić information content (AvgIpc) is 3.30. The van der Waals surface area contributed by atoms with Crippen molar-refractivity contribution in [2.24, 2.45) is 0 Å². The van der Waals surface area contributed by atoms with Crippen molar-refractivity contribution in [2.75, 3.05) is 18.5 Å². The van der Waals surface area contributed by atoms with E-state index < -0.39 is 23.1 Å². The first-order valence-corrected chi connectivity index (χ1v) is 11.6. The highest BCUT2D eigenvalue weighted by Crippen LogP contribution is 2.42. The third kappa shape index (κ3) is 4.45. The summed E-state index contributed by atoms with van der Waals surface area (Å²) in [5, 5.41) is 9.15. The SMILES string of the molecule is CCOC(=O)c1c(NC(=O)NCc2c(C(F)(F)F)sc3c2CCNC3)sc2ccccc12. The van der Waals surface area contributed by atoms with Crippen molar-refractivity contribution in [1.82, 2.24) is 10.6 Å². The first-order chi connectivity index (χ1) is 15.3. The molecule has 3 heterocycles. The van der Waals surface area contributed by atoms with Crippen LogP contribution in [0.15, 0.2) is 24.3 Å². The summed E-state index contributed by atoms with van der Waals surface area (Å²) in [6, 6.07) is 6.46. The van der Waals surface area contributed by atoms with Crippen molar-refractivity contribution in [3.63, 3.8) is 0 Å². The van der Waals surface area contributed by atoms with Crippen LogP contribution in [-0.4, -0.2) is 25.2 Å². The number of hydrogen-bond donors (Lipinski definition) is 3. The molecule has 0 saturated carbocycles. The van der Waals surface area contributed by atoms with Crippen molar-refractivity contribution in [2.45, 2.75) is 32.6 Å². The average molecular weight is 484 g/mol. The van der Waals surface area contributed by atoms with Gasteiger partial charge in [0.05, 0.1) is 6.61 Å². The number of benzene rings is 1. The molecule has 11 heteroatoms. The maximum atomic E-state index is 13.6. The molecule has 2 aromatic heterocycles. The molecule has 0 bridgehead atoms. The highest BCUT2D eigenvalue weighted by Gasteiger charge is 2.38. The van der Waals surface area contributed by atoms with Crippen LogP contribution in [0.25, 0.3) is 10.1 Å². The van der Waals surface area contributed by atoms with Crippen molar-refractivity contribution in [3.05, 3.63) is 50.7 Å². The van der Waals surface area contributed by atoms with Gasteiger partial charge < -0.3 is 15.4 Å². The predicted octanol–water partition coefficient (Wildman–Crippen LogP) is 5.13. The molecule has 0 atom stereocenters. The van der Waals surface area contributed by atoms with Crippen molar-refractivity contribution >= 4 is 49.8 Å². The zero-order valence-electron chi connectivity index (χ0n) is 17.0. The Kier molecular flexibility index (Phi) is 6.40. The van der Waals surface area contributed by atoms with Crippen LogP contribution in [0.2, 0.25) is 0 Å². The number of rotatable bonds is 5. The lowest BCUT2D eigenvalue weighted by atomic mass is 10.0. The zero-order valence-corrected chi connectivity index (χ0v) is 18.7. The molecule has 6 nitrogen and oxygen atoms in total. The molecular weight excluding hydrogens is 463 g/mol. The lowest BCUT2D eigenvalue weighted by molar-refractivity contribution is -0.135. The lowest BCUT2D eigenvalue weighted by Crippen LogP contribution is -2.30. The van der Waals surface area contributed by atoms with Gasteiger partial charge in [0, 0.05) is 28.1 Å². The molecule has 170 valence electrons. The number of amides is 2. The molecule has 0 radical (unpaired) electrons. The van der Waals surface area contributed by atoms with E-state index in [-0.39, 0.29) is 29.3 Å². The molecule has 3 aromatic rings. The topological polar surface area (TPSA) is 79.5 Å². The molecule has 1 aromatic carbocycles. The number of anilines is 1. The Hall–Kier alpha value is -2.63. The molecule has 0 aliphatic carbocycles. The standard InChI is InChI=1S/C21H20F3N3O3S2/c1-2-30-19(28)16-12-5-3-4-6-14(12)32-18(16)27-20(29)26-9-13-11-7-8-25-10-15(11)31-17(13)21(22,23)24/h3-6,25H,2,7-10H2,1H3,(H2,26,27,29). The molecule has 2 amide bonds. The van der Waals surface area contributed by atoms with E-state index in [4.69, 9.17) is 4.74 Å². The number of thiophene rings is 2. The molecule has 1 aliphatic rings. The molecule has 0 spiro atoms. The van der Waals surface area contributed by atoms with Gasteiger partial charge in [-0.1, -0.05) is 18.2 Å². The van der Waals surface area contributed by atoms with Crippen molar-refractivity contribution in [3.8, 4) is 0 Å². The Morgan fingerprint density at radius 1 is 1.22 bits per heavy atom. The van der Waals surface area contributed by atoms with Crippen LogP contribution < -0.4 is 16.0 Å². The summed E-state index contributed by atoms with van der Waals surface area (Å²) in [5.41, 5.74) is 0.990. The first kappa shape index (κ1) is 22.6. The van der Waals surface area contributed by atoms with E-state index in [0.29, 0.717) is 35.3 Å².